The fraction of sp³-hybridized carbons (Fsp3) is 0.357. The normalized spacial score (nSPS) is 15.4. The lowest BCUT2D eigenvalue weighted by molar-refractivity contribution is 0.709. The minimum atomic E-state index is 1.12. The molecule has 0 N–H and O–H groups in total. The standard InChI is InChI=1S/C14H14BrNS/c15-11-8-6-10(7-9-11)14-16-12-4-2-1-3-5-13(12)17-14/h6-9H,1-5H2. The molecule has 0 unspecified atom stereocenters. The van der Waals surface area contributed by atoms with Gasteiger partial charge in [-0.3, -0.25) is 0 Å². The monoisotopic (exact) mass is 307 g/mol. The molecular formula is C14H14BrNS. The summed E-state index contributed by atoms with van der Waals surface area (Å²) in [5.41, 5.74) is 2.59. The molecule has 3 rings (SSSR count). The van der Waals surface area contributed by atoms with Crippen LogP contribution >= 0.6 is 27.3 Å². The van der Waals surface area contributed by atoms with Crippen LogP contribution in [-0.2, 0) is 12.8 Å². The Morgan fingerprint density at radius 3 is 2.59 bits per heavy atom. The highest BCUT2D eigenvalue weighted by Gasteiger charge is 2.14. The van der Waals surface area contributed by atoms with Crippen molar-refractivity contribution in [3.63, 3.8) is 0 Å². The van der Waals surface area contributed by atoms with E-state index < -0.39 is 0 Å². The van der Waals surface area contributed by atoms with Crippen LogP contribution in [0.4, 0.5) is 0 Å². The molecule has 2 aromatic rings. The number of aryl methyl sites for hydroxylation is 2. The molecule has 0 bridgehead atoms. The first kappa shape index (κ1) is 11.4. The number of nitrogens with zero attached hydrogens (tertiary/aromatic N) is 1. The Kier molecular flexibility index (Phi) is 3.30. The van der Waals surface area contributed by atoms with Crippen LogP contribution < -0.4 is 0 Å². The summed E-state index contributed by atoms with van der Waals surface area (Å²) in [5.74, 6) is 0. The Bertz CT molecular complexity index is 492. The molecule has 3 heteroatoms. The lowest BCUT2D eigenvalue weighted by Gasteiger charge is -1.96. The summed E-state index contributed by atoms with van der Waals surface area (Å²) < 4.78 is 1.12. The molecule has 0 aliphatic heterocycles. The van der Waals surface area contributed by atoms with Crippen LogP contribution in [0.5, 0.6) is 0 Å². The fourth-order valence-electron chi connectivity index (χ4n) is 2.24. The van der Waals surface area contributed by atoms with Crippen LogP contribution in [0.25, 0.3) is 10.6 Å². The molecule has 0 spiro atoms. The summed E-state index contributed by atoms with van der Waals surface area (Å²) in [5, 5.41) is 1.18. The first-order valence-electron chi connectivity index (χ1n) is 6.07. The highest BCUT2D eigenvalue weighted by atomic mass is 79.9. The van der Waals surface area contributed by atoms with Crippen molar-refractivity contribution in [2.75, 3.05) is 0 Å². The van der Waals surface area contributed by atoms with Gasteiger partial charge in [0.25, 0.3) is 0 Å². The van der Waals surface area contributed by atoms with Crippen molar-refractivity contribution in [1.29, 1.82) is 0 Å². The average Bonchev–Trinajstić information content (AvgIpc) is 2.62. The maximum Gasteiger partial charge on any atom is 0.123 e. The van der Waals surface area contributed by atoms with Gasteiger partial charge < -0.3 is 0 Å². The van der Waals surface area contributed by atoms with Crippen molar-refractivity contribution in [3.8, 4) is 10.6 Å². The molecule has 0 saturated carbocycles. The van der Waals surface area contributed by atoms with Gasteiger partial charge in [-0.15, -0.1) is 11.3 Å². The van der Waals surface area contributed by atoms with Gasteiger partial charge in [-0.2, -0.15) is 0 Å². The molecule has 0 saturated heterocycles. The third-order valence-electron chi connectivity index (χ3n) is 3.19. The van der Waals surface area contributed by atoms with Gasteiger partial charge in [0.15, 0.2) is 0 Å². The maximum atomic E-state index is 4.81. The van der Waals surface area contributed by atoms with Crippen molar-refractivity contribution in [1.82, 2.24) is 4.98 Å². The van der Waals surface area contributed by atoms with Gasteiger partial charge in [0, 0.05) is 14.9 Å². The first-order valence-corrected chi connectivity index (χ1v) is 7.68. The zero-order valence-electron chi connectivity index (χ0n) is 9.58. The first-order chi connectivity index (χ1) is 8.33. The summed E-state index contributed by atoms with van der Waals surface area (Å²) in [6.45, 7) is 0. The predicted octanol–water partition coefficient (Wildman–Crippen LogP) is 4.84. The largest absolute Gasteiger partial charge is 0.241 e. The summed E-state index contributed by atoms with van der Waals surface area (Å²) >= 11 is 5.35. The molecule has 0 fully saturated rings. The van der Waals surface area contributed by atoms with Crippen molar-refractivity contribution in [2.24, 2.45) is 0 Å². The molecule has 1 aromatic heterocycles. The number of thiazole rings is 1. The average molecular weight is 308 g/mol. The number of hydrogen-bond donors (Lipinski definition) is 0. The topological polar surface area (TPSA) is 12.9 Å². The van der Waals surface area contributed by atoms with Crippen LogP contribution in [0.3, 0.4) is 0 Å². The van der Waals surface area contributed by atoms with Gasteiger partial charge in [-0.05, 0) is 37.8 Å². The van der Waals surface area contributed by atoms with E-state index in [9.17, 15) is 0 Å². The van der Waals surface area contributed by atoms with E-state index in [0.29, 0.717) is 0 Å². The summed E-state index contributed by atoms with van der Waals surface area (Å²) in [6, 6.07) is 8.45. The second-order valence-corrected chi connectivity index (χ2v) is 6.46. The van der Waals surface area contributed by atoms with Gasteiger partial charge in [-0.25, -0.2) is 4.98 Å². The Morgan fingerprint density at radius 1 is 1.00 bits per heavy atom. The molecule has 1 aliphatic carbocycles. The van der Waals surface area contributed by atoms with E-state index in [-0.39, 0.29) is 0 Å². The quantitative estimate of drug-likeness (QED) is 0.687. The lowest BCUT2D eigenvalue weighted by Crippen LogP contribution is -1.86. The number of benzene rings is 1. The van der Waals surface area contributed by atoms with Crippen LogP contribution in [0, 0.1) is 0 Å². The third kappa shape index (κ3) is 2.45. The molecular weight excluding hydrogens is 294 g/mol. The highest BCUT2D eigenvalue weighted by molar-refractivity contribution is 9.10. The number of fused-ring (bicyclic) bond motifs is 1. The van der Waals surface area contributed by atoms with Gasteiger partial charge in [0.05, 0.1) is 5.69 Å². The Labute approximate surface area is 114 Å². The van der Waals surface area contributed by atoms with Crippen LogP contribution in [-0.4, -0.2) is 4.98 Å². The van der Waals surface area contributed by atoms with Gasteiger partial charge in [-0.1, -0.05) is 34.5 Å². The van der Waals surface area contributed by atoms with Crippen molar-refractivity contribution < 1.29 is 0 Å². The van der Waals surface area contributed by atoms with Crippen molar-refractivity contribution in [2.45, 2.75) is 32.1 Å². The maximum absolute atomic E-state index is 4.81. The molecule has 88 valence electrons. The molecule has 1 heterocycles. The number of rotatable bonds is 1. The SMILES string of the molecule is Brc1ccc(-c2nc3c(s2)CCCCC3)cc1. The lowest BCUT2D eigenvalue weighted by atomic mass is 10.2. The van der Waals surface area contributed by atoms with E-state index >= 15 is 0 Å². The van der Waals surface area contributed by atoms with E-state index in [4.69, 9.17) is 4.98 Å². The summed E-state index contributed by atoms with van der Waals surface area (Å²) in [7, 11) is 0. The zero-order chi connectivity index (χ0) is 11.7. The Balaban J connectivity index is 1.96. The third-order valence-corrected chi connectivity index (χ3v) is 4.92. The number of aromatic nitrogens is 1. The molecule has 0 radical (unpaired) electrons. The molecule has 1 nitrogen and oxygen atoms in total. The van der Waals surface area contributed by atoms with E-state index in [1.807, 2.05) is 11.3 Å². The number of hydrogen-bond acceptors (Lipinski definition) is 2. The Hall–Kier alpha value is -0.670. The van der Waals surface area contributed by atoms with Crippen molar-refractivity contribution >= 4 is 27.3 Å². The second kappa shape index (κ2) is 4.91. The highest BCUT2D eigenvalue weighted by Crippen LogP contribution is 2.32. The predicted molar refractivity (Wildman–Crippen MR) is 76.5 cm³/mol. The van der Waals surface area contributed by atoms with Crippen LogP contribution in [0.15, 0.2) is 28.7 Å². The van der Waals surface area contributed by atoms with E-state index in [1.165, 1.54) is 53.2 Å². The van der Waals surface area contributed by atoms with E-state index in [1.54, 1.807) is 0 Å². The van der Waals surface area contributed by atoms with E-state index in [0.717, 1.165) is 4.47 Å². The number of halogens is 1. The minimum Gasteiger partial charge on any atom is -0.241 e. The second-order valence-electron chi connectivity index (χ2n) is 4.46. The summed E-state index contributed by atoms with van der Waals surface area (Å²) in [6.07, 6.45) is 6.38. The van der Waals surface area contributed by atoms with Crippen LogP contribution in [0.1, 0.15) is 29.8 Å². The smallest absolute Gasteiger partial charge is 0.123 e. The minimum absolute atomic E-state index is 1.12. The molecule has 1 aromatic carbocycles. The van der Waals surface area contributed by atoms with Crippen molar-refractivity contribution in [3.05, 3.63) is 39.3 Å². The molecule has 1 aliphatic rings. The zero-order valence-corrected chi connectivity index (χ0v) is 12.0. The molecule has 0 amide bonds. The van der Waals surface area contributed by atoms with Gasteiger partial charge >= 0.3 is 0 Å². The summed E-state index contributed by atoms with van der Waals surface area (Å²) in [4.78, 5) is 6.33. The Morgan fingerprint density at radius 2 is 1.76 bits per heavy atom. The fourth-order valence-corrected chi connectivity index (χ4v) is 3.66. The van der Waals surface area contributed by atoms with E-state index in [2.05, 4.69) is 40.2 Å². The van der Waals surface area contributed by atoms with Gasteiger partial charge in [0.2, 0.25) is 0 Å². The van der Waals surface area contributed by atoms with Gasteiger partial charge in [0.1, 0.15) is 5.01 Å². The van der Waals surface area contributed by atoms with Crippen LogP contribution in [0.2, 0.25) is 0 Å². The molecule has 17 heavy (non-hydrogen) atoms. The molecule has 0 atom stereocenters.